The number of carbonyl (C=O) groups is 2. The van der Waals surface area contributed by atoms with Gasteiger partial charge < -0.3 is 19.5 Å². The lowest BCUT2D eigenvalue weighted by atomic mass is 9.71. The fourth-order valence-electron chi connectivity index (χ4n) is 4.76. The zero-order valence-electron chi connectivity index (χ0n) is 19.4. The van der Waals surface area contributed by atoms with Crippen LogP contribution in [0.25, 0.3) is 0 Å². The Kier molecular flexibility index (Phi) is 6.54. The van der Waals surface area contributed by atoms with Gasteiger partial charge in [-0.25, -0.2) is 4.79 Å². The molecule has 1 heterocycles. The van der Waals surface area contributed by atoms with E-state index in [-0.39, 0.29) is 18.3 Å². The maximum absolute atomic E-state index is 13.6. The topological polar surface area (TPSA) is 73.9 Å². The first-order valence-electron chi connectivity index (χ1n) is 11.2. The van der Waals surface area contributed by atoms with Crippen molar-refractivity contribution in [3.05, 3.63) is 82.2 Å². The molecule has 0 saturated heterocycles. The van der Waals surface area contributed by atoms with Gasteiger partial charge in [0, 0.05) is 29.3 Å². The number of esters is 1. The number of benzene rings is 2. The van der Waals surface area contributed by atoms with Crippen LogP contribution in [0.4, 0.5) is 0 Å². The fraction of sp³-hybridized carbons (Fsp3) is 0.333. The van der Waals surface area contributed by atoms with Crippen LogP contribution in [0.2, 0.25) is 0 Å². The van der Waals surface area contributed by atoms with E-state index in [4.69, 9.17) is 14.2 Å². The number of ketones is 1. The highest BCUT2D eigenvalue weighted by molar-refractivity contribution is 6.04. The second-order valence-electron chi connectivity index (χ2n) is 8.28. The maximum atomic E-state index is 13.6. The van der Waals surface area contributed by atoms with Crippen molar-refractivity contribution in [1.82, 2.24) is 5.32 Å². The molecule has 0 spiro atoms. The molecule has 0 aromatic heterocycles. The number of ether oxygens (including phenoxy) is 3. The molecule has 2 aromatic rings. The van der Waals surface area contributed by atoms with Crippen LogP contribution in [0, 0.1) is 0 Å². The number of hydrogen-bond acceptors (Lipinski definition) is 6. The minimum atomic E-state index is -0.476. The molecule has 33 heavy (non-hydrogen) atoms. The quantitative estimate of drug-likeness (QED) is 0.651. The van der Waals surface area contributed by atoms with Crippen LogP contribution in [-0.4, -0.2) is 32.6 Å². The average molecular weight is 448 g/mol. The van der Waals surface area contributed by atoms with Gasteiger partial charge in [-0.3, -0.25) is 4.79 Å². The van der Waals surface area contributed by atoms with Gasteiger partial charge in [0.1, 0.15) is 11.5 Å². The van der Waals surface area contributed by atoms with E-state index in [0.29, 0.717) is 24.0 Å². The highest BCUT2D eigenvalue weighted by Crippen LogP contribution is 2.46. The number of Topliss-reactive ketones (excluding diaryl/α,β-unsaturated/α-hetero) is 1. The number of allylic oxidation sites excluding steroid dienone is 3. The first kappa shape index (κ1) is 22.6. The molecule has 4 rings (SSSR count). The van der Waals surface area contributed by atoms with Crippen LogP contribution in [0.15, 0.2) is 71.1 Å². The van der Waals surface area contributed by atoms with Gasteiger partial charge in [-0.1, -0.05) is 24.3 Å². The van der Waals surface area contributed by atoms with E-state index in [1.807, 2.05) is 55.5 Å². The molecule has 6 nitrogen and oxygen atoms in total. The van der Waals surface area contributed by atoms with E-state index >= 15 is 0 Å². The van der Waals surface area contributed by atoms with Gasteiger partial charge in [0.25, 0.3) is 0 Å². The first-order chi connectivity index (χ1) is 16.0. The second-order valence-corrected chi connectivity index (χ2v) is 8.28. The fourth-order valence-corrected chi connectivity index (χ4v) is 4.76. The van der Waals surface area contributed by atoms with E-state index in [1.54, 1.807) is 21.1 Å². The van der Waals surface area contributed by atoms with Gasteiger partial charge in [0.05, 0.1) is 26.4 Å². The summed E-state index contributed by atoms with van der Waals surface area (Å²) in [5, 5.41) is 3.37. The molecule has 0 radical (unpaired) electrons. The molecule has 1 aliphatic carbocycles. The summed E-state index contributed by atoms with van der Waals surface area (Å²) in [6.07, 6.45) is 1.07. The van der Waals surface area contributed by atoms with Crippen LogP contribution in [0.5, 0.6) is 11.5 Å². The van der Waals surface area contributed by atoms with Crippen molar-refractivity contribution in [2.24, 2.45) is 0 Å². The number of hydrogen-bond donors (Lipinski definition) is 1. The molecule has 0 unspecified atom stereocenters. The Morgan fingerprint density at radius 2 is 1.52 bits per heavy atom. The molecular weight excluding hydrogens is 418 g/mol. The molecule has 2 aromatic carbocycles. The summed E-state index contributed by atoms with van der Waals surface area (Å²) in [6.45, 7) is 3.92. The van der Waals surface area contributed by atoms with Crippen molar-refractivity contribution in [3.8, 4) is 11.5 Å². The number of nitrogens with one attached hydrogen (secondary N) is 1. The normalized spacial score (nSPS) is 20.2. The van der Waals surface area contributed by atoms with Gasteiger partial charge >= 0.3 is 5.97 Å². The zero-order valence-corrected chi connectivity index (χ0v) is 19.4. The molecule has 1 aliphatic heterocycles. The monoisotopic (exact) mass is 447 g/mol. The standard InChI is InChI=1S/C27H29NO5/c1-5-33-27(30)24-16(2)28-22-14-19(17-6-10-20(31-3)11-7-17)15-23(29)26(22)25(24)18-8-12-21(32-4)13-9-18/h6-13,19,25,28H,5,14-15H2,1-4H3/t19-,25-/m1/s1. The summed E-state index contributed by atoms with van der Waals surface area (Å²) >= 11 is 0. The smallest absolute Gasteiger partial charge is 0.336 e. The van der Waals surface area contributed by atoms with Crippen molar-refractivity contribution in [2.45, 2.75) is 38.5 Å². The Bertz CT molecular complexity index is 1110. The van der Waals surface area contributed by atoms with Crippen LogP contribution >= 0.6 is 0 Å². The third kappa shape index (κ3) is 4.38. The predicted molar refractivity (Wildman–Crippen MR) is 125 cm³/mol. The Morgan fingerprint density at radius 1 is 0.939 bits per heavy atom. The molecule has 0 amide bonds. The largest absolute Gasteiger partial charge is 0.497 e. The van der Waals surface area contributed by atoms with Crippen molar-refractivity contribution in [3.63, 3.8) is 0 Å². The molecule has 6 heteroatoms. The number of carbonyl (C=O) groups excluding carboxylic acids is 2. The Hall–Kier alpha value is -3.54. The lowest BCUT2D eigenvalue weighted by molar-refractivity contribution is -0.138. The average Bonchev–Trinajstić information content (AvgIpc) is 2.83. The molecule has 0 saturated carbocycles. The highest BCUT2D eigenvalue weighted by Gasteiger charge is 2.41. The van der Waals surface area contributed by atoms with Crippen molar-refractivity contribution in [1.29, 1.82) is 0 Å². The summed E-state index contributed by atoms with van der Waals surface area (Å²) in [5.74, 6) is 0.724. The van der Waals surface area contributed by atoms with Crippen molar-refractivity contribution in [2.75, 3.05) is 20.8 Å². The van der Waals surface area contributed by atoms with Crippen LogP contribution in [0.3, 0.4) is 0 Å². The molecule has 0 fully saturated rings. The van der Waals surface area contributed by atoms with Gasteiger partial charge in [-0.05, 0) is 61.6 Å². The summed E-state index contributed by atoms with van der Waals surface area (Å²) in [6, 6.07) is 15.4. The van der Waals surface area contributed by atoms with E-state index in [0.717, 1.165) is 34.0 Å². The minimum Gasteiger partial charge on any atom is -0.497 e. The summed E-state index contributed by atoms with van der Waals surface area (Å²) in [7, 11) is 3.25. The molecule has 0 bridgehead atoms. The molecule has 172 valence electrons. The Balaban J connectivity index is 1.75. The summed E-state index contributed by atoms with van der Waals surface area (Å²) in [5.41, 5.74) is 4.69. The van der Waals surface area contributed by atoms with Crippen molar-refractivity contribution >= 4 is 11.8 Å². The van der Waals surface area contributed by atoms with Gasteiger partial charge in [0.2, 0.25) is 0 Å². The first-order valence-corrected chi connectivity index (χ1v) is 11.2. The number of rotatable bonds is 6. The highest BCUT2D eigenvalue weighted by atomic mass is 16.5. The lowest BCUT2D eigenvalue weighted by Crippen LogP contribution is -2.36. The SMILES string of the molecule is CCOC(=O)C1=C(C)NC2=C(C(=O)C[C@H](c3ccc(OC)cc3)C2)[C@@H]1c1ccc(OC)cc1. The molecular formula is C27H29NO5. The Morgan fingerprint density at radius 3 is 2.06 bits per heavy atom. The number of dihydropyridines is 1. The molecule has 1 N–H and O–H groups in total. The van der Waals surface area contributed by atoms with Crippen LogP contribution < -0.4 is 14.8 Å². The van der Waals surface area contributed by atoms with Gasteiger partial charge in [-0.2, -0.15) is 0 Å². The maximum Gasteiger partial charge on any atom is 0.336 e. The minimum absolute atomic E-state index is 0.0414. The van der Waals surface area contributed by atoms with Gasteiger partial charge in [-0.15, -0.1) is 0 Å². The lowest BCUT2D eigenvalue weighted by Gasteiger charge is -2.36. The summed E-state index contributed by atoms with van der Waals surface area (Å²) in [4.78, 5) is 26.5. The van der Waals surface area contributed by atoms with Crippen molar-refractivity contribution < 1.29 is 23.8 Å². The number of methoxy groups -OCH3 is 2. The molecule has 2 atom stereocenters. The van der Waals surface area contributed by atoms with E-state index in [9.17, 15) is 9.59 Å². The van der Waals surface area contributed by atoms with Gasteiger partial charge in [0.15, 0.2) is 5.78 Å². The zero-order chi connectivity index (χ0) is 23.5. The Labute approximate surface area is 194 Å². The van der Waals surface area contributed by atoms with E-state index < -0.39 is 11.9 Å². The third-order valence-corrected chi connectivity index (χ3v) is 6.36. The van der Waals surface area contributed by atoms with Crippen LogP contribution in [-0.2, 0) is 14.3 Å². The molecule has 2 aliphatic rings. The van der Waals surface area contributed by atoms with E-state index in [2.05, 4.69) is 5.32 Å². The summed E-state index contributed by atoms with van der Waals surface area (Å²) < 4.78 is 15.9. The van der Waals surface area contributed by atoms with E-state index in [1.165, 1.54) is 0 Å². The predicted octanol–water partition coefficient (Wildman–Crippen LogP) is 4.63. The second kappa shape index (κ2) is 9.53. The third-order valence-electron chi connectivity index (χ3n) is 6.36. The van der Waals surface area contributed by atoms with Crippen LogP contribution in [0.1, 0.15) is 49.7 Å².